The van der Waals surface area contributed by atoms with Crippen LogP contribution in [-0.2, 0) is 9.59 Å². The van der Waals surface area contributed by atoms with Crippen molar-refractivity contribution in [3.05, 3.63) is 0 Å². The lowest BCUT2D eigenvalue weighted by molar-refractivity contribution is -0.140. The number of carbonyl (C=O) groups is 2. The van der Waals surface area contributed by atoms with Gasteiger partial charge in [-0.1, -0.05) is 59.3 Å². The van der Waals surface area contributed by atoms with Crippen LogP contribution in [0.15, 0.2) is 0 Å². The summed E-state index contributed by atoms with van der Waals surface area (Å²) in [5.41, 5.74) is 0. The van der Waals surface area contributed by atoms with E-state index in [0.717, 1.165) is 12.8 Å². The van der Waals surface area contributed by atoms with Crippen molar-refractivity contribution in [3.8, 4) is 0 Å². The van der Waals surface area contributed by atoms with E-state index in [0.29, 0.717) is 6.42 Å². The van der Waals surface area contributed by atoms with Gasteiger partial charge in [0.05, 0.1) is 5.92 Å². The maximum Gasteiger partial charge on any atom is 0.305 e. The molecule has 0 aliphatic carbocycles. The number of carboxylic acid groups (broad SMARTS) is 2. The van der Waals surface area contributed by atoms with Gasteiger partial charge in [-0.15, -0.1) is 0 Å². The summed E-state index contributed by atoms with van der Waals surface area (Å²) in [6.07, 6.45) is 8.64. The van der Waals surface area contributed by atoms with Crippen LogP contribution in [0.4, 0.5) is 0 Å². The molecule has 0 heterocycles. The third-order valence-corrected chi connectivity index (χ3v) is 2.49. The van der Waals surface area contributed by atoms with E-state index in [4.69, 9.17) is 10.2 Å². The van der Waals surface area contributed by atoms with E-state index in [2.05, 4.69) is 6.92 Å². The van der Waals surface area contributed by atoms with Crippen molar-refractivity contribution in [1.82, 2.24) is 0 Å². The minimum atomic E-state index is -0.741. The number of unbranched alkanes of at least 4 members (excludes halogenated alkanes) is 6. The minimum Gasteiger partial charge on any atom is -0.481 e. The highest BCUT2D eigenvalue weighted by Crippen LogP contribution is 2.07. The van der Waals surface area contributed by atoms with Crippen molar-refractivity contribution in [2.45, 2.75) is 72.1 Å². The van der Waals surface area contributed by atoms with E-state index in [9.17, 15) is 9.59 Å². The number of hydrogen-bond donors (Lipinski definition) is 2. The summed E-state index contributed by atoms with van der Waals surface area (Å²) in [4.78, 5) is 19.8. The largest absolute Gasteiger partial charge is 0.481 e. The average molecular weight is 260 g/mol. The topological polar surface area (TPSA) is 74.6 Å². The standard InChI is InChI=1S/C10H20O2.C4H8O2/c1-2-3-4-5-6-7-8-9-10(11)12;1-3(2)4(5)6/h2-9H2,1H3,(H,11,12);3H,1-2H3,(H,5,6). The van der Waals surface area contributed by atoms with Crippen LogP contribution >= 0.6 is 0 Å². The zero-order chi connectivity index (χ0) is 14.4. The summed E-state index contributed by atoms with van der Waals surface area (Å²) in [6.45, 7) is 5.48. The molecule has 108 valence electrons. The predicted molar refractivity (Wildman–Crippen MR) is 72.7 cm³/mol. The molecule has 0 radical (unpaired) electrons. The molecule has 0 aliphatic heterocycles. The maximum absolute atomic E-state index is 10.1. The summed E-state index contributed by atoms with van der Waals surface area (Å²) in [5, 5.41) is 16.3. The summed E-state index contributed by atoms with van der Waals surface area (Å²) in [7, 11) is 0. The Kier molecular flexibility index (Phi) is 15.0. The van der Waals surface area contributed by atoms with Gasteiger partial charge >= 0.3 is 11.9 Å². The normalized spacial score (nSPS) is 9.78. The van der Waals surface area contributed by atoms with Gasteiger partial charge in [0.15, 0.2) is 0 Å². The molecular formula is C14H28O4. The third-order valence-electron chi connectivity index (χ3n) is 2.49. The molecule has 0 aromatic rings. The lowest BCUT2D eigenvalue weighted by Gasteiger charge is -1.98. The Morgan fingerprint density at radius 2 is 1.28 bits per heavy atom. The molecule has 18 heavy (non-hydrogen) atoms. The van der Waals surface area contributed by atoms with Gasteiger partial charge in [0.2, 0.25) is 0 Å². The first-order valence-electron chi connectivity index (χ1n) is 6.86. The lowest BCUT2D eigenvalue weighted by Crippen LogP contribution is -2.03. The molecule has 4 nitrogen and oxygen atoms in total. The molecule has 0 atom stereocenters. The zero-order valence-corrected chi connectivity index (χ0v) is 11.9. The second-order valence-electron chi connectivity index (χ2n) is 4.76. The van der Waals surface area contributed by atoms with E-state index in [1.165, 1.54) is 32.1 Å². The molecule has 0 aromatic carbocycles. The fourth-order valence-electron chi connectivity index (χ4n) is 1.23. The van der Waals surface area contributed by atoms with Gasteiger partial charge in [0.1, 0.15) is 0 Å². The molecule has 0 bridgehead atoms. The van der Waals surface area contributed by atoms with Crippen LogP contribution in [0.2, 0.25) is 0 Å². The second kappa shape index (κ2) is 14.0. The quantitative estimate of drug-likeness (QED) is 0.616. The highest BCUT2D eigenvalue weighted by Gasteiger charge is 1.99. The summed E-state index contributed by atoms with van der Waals surface area (Å²) in [5.74, 6) is -1.64. The Balaban J connectivity index is 0. The first-order chi connectivity index (χ1) is 8.41. The van der Waals surface area contributed by atoms with Gasteiger partial charge in [-0.2, -0.15) is 0 Å². The van der Waals surface area contributed by atoms with Crippen molar-refractivity contribution in [1.29, 1.82) is 0 Å². The van der Waals surface area contributed by atoms with E-state index < -0.39 is 11.9 Å². The second-order valence-corrected chi connectivity index (χ2v) is 4.76. The van der Waals surface area contributed by atoms with Crippen molar-refractivity contribution in [2.75, 3.05) is 0 Å². The Morgan fingerprint density at radius 3 is 1.61 bits per heavy atom. The molecule has 0 aromatic heterocycles. The maximum atomic E-state index is 10.1. The minimum absolute atomic E-state index is 0.231. The van der Waals surface area contributed by atoms with Crippen LogP contribution in [0.25, 0.3) is 0 Å². The van der Waals surface area contributed by atoms with Gasteiger partial charge in [-0.05, 0) is 6.42 Å². The molecule has 2 N–H and O–H groups in total. The van der Waals surface area contributed by atoms with E-state index in [1.807, 2.05) is 0 Å². The predicted octanol–water partition coefficient (Wildman–Crippen LogP) is 3.94. The monoisotopic (exact) mass is 260 g/mol. The molecular weight excluding hydrogens is 232 g/mol. The Labute approximate surface area is 110 Å². The Morgan fingerprint density at radius 1 is 0.889 bits per heavy atom. The molecule has 0 unspecified atom stereocenters. The van der Waals surface area contributed by atoms with Gasteiger partial charge in [-0.3, -0.25) is 9.59 Å². The van der Waals surface area contributed by atoms with Gasteiger partial charge in [-0.25, -0.2) is 0 Å². The molecule has 0 saturated heterocycles. The highest BCUT2D eigenvalue weighted by atomic mass is 16.4. The van der Waals surface area contributed by atoms with Crippen LogP contribution in [0.3, 0.4) is 0 Å². The van der Waals surface area contributed by atoms with E-state index in [1.54, 1.807) is 13.8 Å². The lowest BCUT2D eigenvalue weighted by atomic mass is 10.1. The van der Waals surface area contributed by atoms with Crippen molar-refractivity contribution in [3.63, 3.8) is 0 Å². The number of hydrogen-bond acceptors (Lipinski definition) is 2. The first kappa shape index (κ1) is 19.3. The summed E-state index contributed by atoms with van der Waals surface area (Å²) >= 11 is 0. The fourth-order valence-corrected chi connectivity index (χ4v) is 1.23. The van der Waals surface area contributed by atoms with E-state index in [-0.39, 0.29) is 5.92 Å². The van der Waals surface area contributed by atoms with Crippen LogP contribution in [0.1, 0.15) is 72.1 Å². The van der Waals surface area contributed by atoms with Gasteiger partial charge < -0.3 is 10.2 Å². The van der Waals surface area contributed by atoms with Crippen LogP contribution in [0.5, 0.6) is 0 Å². The van der Waals surface area contributed by atoms with Gasteiger partial charge in [0, 0.05) is 6.42 Å². The van der Waals surface area contributed by atoms with Crippen LogP contribution in [0, 0.1) is 5.92 Å². The summed E-state index contributed by atoms with van der Waals surface area (Å²) in [6, 6.07) is 0. The molecule has 4 heteroatoms. The van der Waals surface area contributed by atoms with Crippen molar-refractivity contribution in [2.24, 2.45) is 5.92 Å². The SMILES string of the molecule is CC(C)C(=O)O.CCCCCCCCCC(=O)O. The van der Waals surface area contributed by atoms with Crippen molar-refractivity contribution >= 4 is 11.9 Å². The van der Waals surface area contributed by atoms with Gasteiger partial charge in [0.25, 0.3) is 0 Å². The smallest absolute Gasteiger partial charge is 0.305 e. The molecule has 0 aliphatic rings. The number of carboxylic acids is 2. The summed E-state index contributed by atoms with van der Waals surface area (Å²) < 4.78 is 0. The van der Waals surface area contributed by atoms with E-state index >= 15 is 0 Å². The van der Waals surface area contributed by atoms with Crippen molar-refractivity contribution < 1.29 is 19.8 Å². The first-order valence-corrected chi connectivity index (χ1v) is 6.86. The molecule has 0 fully saturated rings. The fraction of sp³-hybridized carbons (Fsp3) is 0.857. The Bertz CT molecular complexity index is 212. The molecule has 0 rings (SSSR count). The molecule has 0 saturated carbocycles. The average Bonchev–Trinajstić information content (AvgIpc) is 2.28. The third kappa shape index (κ3) is 20.4. The Hall–Kier alpha value is -1.06. The number of aliphatic carboxylic acids is 2. The van der Waals surface area contributed by atoms with Crippen LogP contribution < -0.4 is 0 Å². The molecule has 0 spiro atoms. The highest BCUT2D eigenvalue weighted by molar-refractivity contribution is 5.68. The number of rotatable bonds is 9. The van der Waals surface area contributed by atoms with Crippen LogP contribution in [-0.4, -0.2) is 22.2 Å². The molecule has 0 amide bonds. The zero-order valence-electron chi connectivity index (χ0n) is 11.9.